The predicted molar refractivity (Wildman–Crippen MR) is 119 cm³/mol. The van der Waals surface area contributed by atoms with Crippen LogP contribution in [0.3, 0.4) is 0 Å². The highest BCUT2D eigenvalue weighted by Crippen LogP contribution is 2.25. The van der Waals surface area contributed by atoms with E-state index in [0.29, 0.717) is 13.2 Å². The topological polar surface area (TPSA) is 71.0 Å². The number of amides is 2. The van der Waals surface area contributed by atoms with Gasteiger partial charge in [0.2, 0.25) is 11.8 Å². The Hall–Kier alpha value is -3.15. The summed E-state index contributed by atoms with van der Waals surface area (Å²) in [5.74, 6) is 0.129. The lowest BCUT2D eigenvalue weighted by Gasteiger charge is -2.16. The molecule has 30 heavy (non-hydrogen) atoms. The van der Waals surface area contributed by atoms with Crippen molar-refractivity contribution in [1.82, 2.24) is 5.43 Å². The second-order valence-corrected chi connectivity index (χ2v) is 7.43. The summed E-state index contributed by atoms with van der Waals surface area (Å²) >= 11 is 0. The molecule has 1 fully saturated rings. The van der Waals surface area contributed by atoms with Gasteiger partial charge in [-0.1, -0.05) is 32.4 Å². The Balaban J connectivity index is 1.50. The molecule has 0 bridgehead atoms. The normalized spacial score (nSPS) is 16.3. The molecule has 1 heterocycles. The lowest BCUT2D eigenvalue weighted by Crippen LogP contribution is -2.30. The monoisotopic (exact) mass is 407 g/mol. The van der Waals surface area contributed by atoms with Gasteiger partial charge >= 0.3 is 0 Å². The first kappa shape index (κ1) is 21.6. The lowest BCUT2D eigenvalue weighted by atomic mass is 10.1. The van der Waals surface area contributed by atoms with Gasteiger partial charge < -0.3 is 9.64 Å². The summed E-state index contributed by atoms with van der Waals surface area (Å²) in [6.07, 6.45) is 4.86. The molecule has 0 saturated carbocycles. The number of nitrogens with one attached hydrogen (secondary N) is 1. The fourth-order valence-electron chi connectivity index (χ4n) is 3.29. The Kier molecular flexibility index (Phi) is 7.60. The largest absolute Gasteiger partial charge is 0.494 e. The van der Waals surface area contributed by atoms with Gasteiger partial charge in [-0.2, -0.15) is 5.10 Å². The molecule has 1 N–H and O–H groups in total. The van der Waals surface area contributed by atoms with Crippen molar-refractivity contribution < 1.29 is 14.3 Å². The van der Waals surface area contributed by atoms with Crippen LogP contribution in [0.25, 0.3) is 0 Å². The number of rotatable bonds is 9. The number of carbonyl (C=O) groups is 2. The number of carbonyl (C=O) groups excluding carboxylic acids is 2. The van der Waals surface area contributed by atoms with E-state index < -0.39 is 5.92 Å². The van der Waals surface area contributed by atoms with Crippen LogP contribution in [0.5, 0.6) is 5.75 Å². The third-order valence-electron chi connectivity index (χ3n) is 5.19. The molecule has 2 aromatic rings. The molecule has 0 unspecified atom stereocenters. The summed E-state index contributed by atoms with van der Waals surface area (Å²) in [7, 11) is 0. The van der Waals surface area contributed by atoms with Crippen LogP contribution in [-0.4, -0.2) is 31.2 Å². The van der Waals surface area contributed by atoms with Gasteiger partial charge in [-0.05, 0) is 60.4 Å². The minimum absolute atomic E-state index is 0.0398. The van der Waals surface area contributed by atoms with Crippen LogP contribution in [0.4, 0.5) is 5.69 Å². The van der Waals surface area contributed by atoms with Crippen LogP contribution in [0, 0.1) is 5.92 Å². The molecule has 6 nitrogen and oxygen atoms in total. The van der Waals surface area contributed by atoms with E-state index in [1.54, 1.807) is 11.1 Å². The van der Waals surface area contributed by atoms with E-state index in [-0.39, 0.29) is 18.2 Å². The van der Waals surface area contributed by atoms with Crippen molar-refractivity contribution in [3.05, 3.63) is 59.7 Å². The zero-order valence-electron chi connectivity index (χ0n) is 17.6. The van der Waals surface area contributed by atoms with Crippen molar-refractivity contribution in [2.24, 2.45) is 11.0 Å². The summed E-state index contributed by atoms with van der Waals surface area (Å²) < 4.78 is 5.63. The Morgan fingerprint density at radius 2 is 1.90 bits per heavy atom. The van der Waals surface area contributed by atoms with E-state index in [1.165, 1.54) is 5.56 Å². The number of ether oxygens (including phenoxy) is 1. The molecular formula is C24H29N3O3. The Labute approximate surface area is 177 Å². The van der Waals surface area contributed by atoms with Gasteiger partial charge in [-0.15, -0.1) is 0 Å². The molecule has 0 aromatic heterocycles. The molecule has 1 aliphatic heterocycles. The molecule has 0 radical (unpaired) electrons. The first-order valence-corrected chi connectivity index (χ1v) is 10.6. The molecule has 0 aliphatic carbocycles. The molecule has 1 atom stereocenters. The van der Waals surface area contributed by atoms with Crippen LogP contribution in [-0.2, 0) is 16.0 Å². The predicted octanol–water partition coefficient (Wildman–Crippen LogP) is 3.93. The summed E-state index contributed by atoms with van der Waals surface area (Å²) in [5.41, 5.74) is 5.47. The van der Waals surface area contributed by atoms with E-state index in [1.807, 2.05) is 48.5 Å². The second kappa shape index (κ2) is 10.6. The minimum Gasteiger partial charge on any atom is -0.494 e. The molecule has 2 amide bonds. The van der Waals surface area contributed by atoms with Crippen molar-refractivity contribution >= 4 is 23.7 Å². The minimum atomic E-state index is -0.408. The number of hydrazone groups is 1. The van der Waals surface area contributed by atoms with E-state index in [4.69, 9.17) is 4.74 Å². The average Bonchev–Trinajstić information content (AvgIpc) is 3.17. The standard InChI is InChI=1S/C24H29N3O3/c1-3-5-14-30-22-12-8-19(9-13-22)16-25-26-24(29)20-15-23(28)27(17-20)21-10-6-18(4-2)7-11-21/h6-13,16,20H,3-5,14-15,17H2,1-2H3,(H,26,29)/b25-16+/t20-/m0/s1. The maximum atomic E-state index is 12.4. The zero-order chi connectivity index (χ0) is 21.3. The van der Waals surface area contributed by atoms with E-state index in [0.717, 1.165) is 36.3 Å². The van der Waals surface area contributed by atoms with Crippen molar-refractivity contribution in [2.45, 2.75) is 39.5 Å². The summed E-state index contributed by atoms with van der Waals surface area (Å²) in [6, 6.07) is 15.4. The molecule has 2 aromatic carbocycles. The molecule has 158 valence electrons. The van der Waals surface area contributed by atoms with Crippen molar-refractivity contribution in [1.29, 1.82) is 0 Å². The number of hydrogen-bond donors (Lipinski definition) is 1. The van der Waals surface area contributed by atoms with Crippen LogP contribution in [0.15, 0.2) is 53.6 Å². The maximum Gasteiger partial charge on any atom is 0.245 e. The third kappa shape index (κ3) is 5.69. The summed E-state index contributed by atoms with van der Waals surface area (Å²) in [6.45, 7) is 5.29. The molecule has 0 spiro atoms. The first-order valence-electron chi connectivity index (χ1n) is 10.6. The van der Waals surface area contributed by atoms with Gasteiger partial charge in [-0.25, -0.2) is 5.43 Å². The van der Waals surface area contributed by atoms with Gasteiger partial charge in [0.1, 0.15) is 5.75 Å². The number of nitrogens with zero attached hydrogens (tertiary/aromatic N) is 2. The Bertz CT molecular complexity index is 876. The summed E-state index contributed by atoms with van der Waals surface area (Å²) in [4.78, 5) is 26.5. The van der Waals surface area contributed by atoms with Gasteiger partial charge in [-0.3, -0.25) is 9.59 Å². The average molecular weight is 408 g/mol. The SMILES string of the molecule is CCCCOc1ccc(/C=N/NC(=O)[C@H]2CC(=O)N(c3ccc(CC)cc3)C2)cc1. The molecule has 1 aliphatic rings. The molecule has 6 heteroatoms. The fraction of sp³-hybridized carbons (Fsp3) is 0.375. The number of aryl methyl sites for hydroxylation is 1. The van der Waals surface area contributed by atoms with Crippen molar-refractivity contribution in [2.75, 3.05) is 18.1 Å². The second-order valence-electron chi connectivity index (χ2n) is 7.43. The van der Waals surface area contributed by atoms with Crippen LogP contribution < -0.4 is 15.1 Å². The molecular weight excluding hydrogens is 378 g/mol. The van der Waals surface area contributed by atoms with E-state index in [9.17, 15) is 9.59 Å². The highest BCUT2D eigenvalue weighted by atomic mass is 16.5. The van der Waals surface area contributed by atoms with E-state index in [2.05, 4.69) is 24.4 Å². The van der Waals surface area contributed by atoms with E-state index >= 15 is 0 Å². The Morgan fingerprint density at radius 1 is 1.17 bits per heavy atom. The maximum absolute atomic E-state index is 12.4. The fourth-order valence-corrected chi connectivity index (χ4v) is 3.29. The number of unbranched alkanes of at least 4 members (excludes halogenated alkanes) is 1. The highest BCUT2D eigenvalue weighted by Gasteiger charge is 2.35. The first-order chi connectivity index (χ1) is 14.6. The quantitative estimate of drug-likeness (QED) is 0.389. The number of benzene rings is 2. The number of hydrogen-bond acceptors (Lipinski definition) is 4. The summed E-state index contributed by atoms with van der Waals surface area (Å²) in [5, 5.41) is 4.04. The smallest absolute Gasteiger partial charge is 0.245 e. The number of anilines is 1. The van der Waals surface area contributed by atoms with Gasteiger partial charge in [0.15, 0.2) is 0 Å². The van der Waals surface area contributed by atoms with Gasteiger partial charge in [0.25, 0.3) is 0 Å². The van der Waals surface area contributed by atoms with Crippen molar-refractivity contribution in [3.63, 3.8) is 0 Å². The van der Waals surface area contributed by atoms with Crippen LogP contribution in [0.2, 0.25) is 0 Å². The van der Waals surface area contributed by atoms with Crippen LogP contribution >= 0.6 is 0 Å². The van der Waals surface area contributed by atoms with Crippen molar-refractivity contribution in [3.8, 4) is 5.75 Å². The lowest BCUT2D eigenvalue weighted by molar-refractivity contribution is -0.126. The van der Waals surface area contributed by atoms with Gasteiger partial charge in [0.05, 0.1) is 18.7 Å². The third-order valence-corrected chi connectivity index (χ3v) is 5.19. The Morgan fingerprint density at radius 3 is 2.57 bits per heavy atom. The van der Waals surface area contributed by atoms with Crippen LogP contribution in [0.1, 0.15) is 44.2 Å². The van der Waals surface area contributed by atoms with Gasteiger partial charge in [0, 0.05) is 18.7 Å². The molecule has 3 rings (SSSR count). The molecule has 1 saturated heterocycles. The highest BCUT2D eigenvalue weighted by molar-refractivity contribution is 6.00. The zero-order valence-corrected chi connectivity index (χ0v) is 17.6.